The molecule has 2 N–H and O–H groups in total. The molecule has 2 unspecified atom stereocenters. The van der Waals surface area contributed by atoms with Crippen molar-refractivity contribution in [3.63, 3.8) is 0 Å². The molecule has 0 spiro atoms. The number of carbonyl (C=O) groups is 2. The SMILES string of the molecule is Cc1cc(Br)cnc1NC(=O)C1CCCC1C(=O)O. The van der Waals surface area contributed by atoms with E-state index < -0.39 is 17.8 Å². The molecule has 6 heteroatoms. The van der Waals surface area contributed by atoms with Crippen molar-refractivity contribution in [3.8, 4) is 0 Å². The first-order valence-corrected chi connectivity index (χ1v) is 6.94. The molecular formula is C13H15BrN2O3. The van der Waals surface area contributed by atoms with Gasteiger partial charge in [-0.3, -0.25) is 9.59 Å². The fourth-order valence-electron chi connectivity index (χ4n) is 2.45. The van der Waals surface area contributed by atoms with E-state index in [9.17, 15) is 9.59 Å². The van der Waals surface area contributed by atoms with Gasteiger partial charge in [-0.1, -0.05) is 6.42 Å². The first-order chi connectivity index (χ1) is 8.99. The number of aliphatic carboxylic acids is 1. The average Bonchev–Trinajstić information content (AvgIpc) is 2.82. The normalized spacial score (nSPS) is 22.2. The lowest BCUT2D eigenvalue weighted by Gasteiger charge is -2.16. The molecule has 1 aliphatic carbocycles. The van der Waals surface area contributed by atoms with E-state index in [-0.39, 0.29) is 5.91 Å². The quantitative estimate of drug-likeness (QED) is 0.894. The van der Waals surface area contributed by atoms with Gasteiger partial charge in [-0.2, -0.15) is 0 Å². The van der Waals surface area contributed by atoms with Gasteiger partial charge in [0.15, 0.2) is 0 Å². The Morgan fingerprint density at radius 2 is 2.11 bits per heavy atom. The zero-order valence-electron chi connectivity index (χ0n) is 10.5. The number of aromatic nitrogens is 1. The van der Waals surface area contributed by atoms with Crippen molar-refractivity contribution in [1.29, 1.82) is 0 Å². The predicted octanol–water partition coefficient (Wildman–Crippen LogP) is 2.59. The molecular weight excluding hydrogens is 312 g/mol. The number of nitrogens with one attached hydrogen (secondary N) is 1. The van der Waals surface area contributed by atoms with E-state index in [1.54, 1.807) is 6.20 Å². The molecule has 1 amide bonds. The van der Waals surface area contributed by atoms with E-state index in [1.807, 2.05) is 13.0 Å². The summed E-state index contributed by atoms with van der Waals surface area (Å²) in [6.07, 6.45) is 3.58. The van der Waals surface area contributed by atoms with Crippen LogP contribution in [0.15, 0.2) is 16.7 Å². The largest absolute Gasteiger partial charge is 0.481 e. The Kier molecular flexibility index (Phi) is 4.19. The van der Waals surface area contributed by atoms with E-state index in [0.29, 0.717) is 18.7 Å². The van der Waals surface area contributed by atoms with Gasteiger partial charge in [0.05, 0.1) is 11.8 Å². The Morgan fingerprint density at radius 1 is 1.42 bits per heavy atom. The molecule has 19 heavy (non-hydrogen) atoms. The number of nitrogens with zero attached hydrogens (tertiary/aromatic N) is 1. The number of carbonyl (C=O) groups excluding carboxylic acids is 1. The number of carboxylic acids is 1. The number of hydrogen-bond acceptors (Lipinski definition) is 3. The molecule has 1 aromatic rings. The van der Waals surface area contributed by atoms with Crippen molar-refractivity contribution in [3.05, 3.63) is 22.3 Å². The fourth-order valence-corrected chi connectivity index (χ4v) is 2.90. The summed E-state index contributed by atoms with van der Waals surface area (Å²) in [7, 11) is 0. The van der Waals surface area contributed by atoms with Gasteiger partial charge in [-0.05, 0) is 47.3 Å². The Morgan fingerprint density at radius 3 is 2.74 bits per heavy atom. The number of rotatable bonds is 3. The fraction of sp³-hybridized carbons (Fsp3) is 0.462. The molecule has 2 rings (SSSR count). The Balaban J connectivity index is 2.10. The summed E-state index contributed by atoms with van der Waals surface area (Å²) in [5, 5.41) is 11.8. The maximum atomic E-state index is 12.1. The molecule has 1 heterocycles. The van der Waals surface area contributed by atoms with Crippen LogP contribution in [-0.4, -0.2) is 22.0 Å². The second kappa shape index (κ2) is 5.69. The number of carboxylic acid groups (broad SMARTS) is 1. The Labute approximate surface area is 119 Å². The smallest absolute Gasteiger partial charge is 0.307 e. The van der Waals surface area contributed by atoms with Gasteiger partial charge in [0.2, 0.25) is 5.91 Å². The lowest BCUT2D eigenvalue weighted by Crippen LogP contribution is -2.30. The molecule has 0 saturated heterocycles. The summed E-state index contributed by atoms with van der Waals surface area (Å²) in [6, 6.07) is 1.85. The van der Waals surface area contributed by atoms with Gasteiger partial charge in [0, 0.05) is 10.7 Å². The zero-order chi connectivity index (χ0) is 14.0. The second-order valence-electron chi connectivity index (χ2n) is 4.79. The van der Waals surface area contributed by atoms with Crippen LogP contribution in [0.25, 0.3) is 0 Å². The average molecular weight is 327 g/mol. The van der Waals surface area contributed by atoms with Crippen LogP contribution in [-0.2, 0) is 9.59 Å². The Bertz CT molecular complexity index is 519. The van der Waals surface area contributed by atoms with Crippen LogP contribution in [0, 0.1) is 18.8 Å². The van der Waals surface area contributed by atoms with Crippen molar-refractivity contribution in [2.75, 3.05) is 5.32 Å². The number of pyridine rings is 1. The van der Waals surface area contributed by atoms with Crippen molar-refractivity contribution in [1.82, 2.24) is 4.98 Å². The lowest BCUT2D eigenvalue weighted by atomic mass is 9.95. The minimum atomic E-state index is -0.891. The minimum absolute atomic E-state index is 0.247. The van der Waals surface area contributed by atoms with E-state index in [0.717, 1.165) is 16.5 Å². The van der Waals surface area contributed by atoms with Crippen LogP contribution >= 0.6 is 15.9 Å². The summed E-state index contributed by atoms with van der Waals surface area (Å²) >= 11 is 3.30. The number of anilines is 1. The van der Waals surface area contributed by atoms with Crippen LogP contribution in [0.3, 0.4) is 0 Å². The number of aryl methyl sites for hydroxylation is 1. The molecule has 0 bridgehead atoms. The van der Waals surface area contributed by atoms with Gasteiger partial charge >= 0.3 is 5.97 Å². The van der Waals surface area contributed by atoms with Crippen LogP contribution in [0.5, 0.6) is 0 Å². The predicted molar refractivity (Wildman–Crippen MR) is 73.8 cm³/mol. The third kappa shape index (κ3) is 3.12. The third-order valence-corrected chi connectivity index (χ3v) is 3.89. The molecule has 1 fully saturated rings. The van der Waals surface area contributed by atoms with Crippen LogP contribution in [0.1, 0.15) is 24.8 Å². The van der Waals surface area contributed by atoms with Gasteiger partial charge in [-0.15, -0.1) is 0 Å². The molecule has 5 nitrogen and oxygen atoms in total. The van der Waals surface area contributed by atoms with Gasteiger partial charge in [-0.25, -0.2) is 4.98 Å². The molecule has 0 radical (unpaired) electrons. The van der Waals surface area contributed by atoms with E-state index in [1.165, 1.54) is 0 Å². The maximum Gasteiger partial charge on any atom is 0.307 e. The highest BCUT2D eigenvalue weighted by atomic mass is 79.9. The number of halogens is 1. The molecule has 0 aromatic carbocycles. The zero-order valence-corrected chi connectivity index (χ0v) is 12.1. The van der Waals surface area contributed by atoms with E-state index in [2.05, 4.69) is 26.2 Å². The van der Waals surface area contributed by atoms with Crippen molar-refractivity contribution in [2.24, 2.45) is 11.8 Å². The first-order valence-electron chi connectivity index (χ1n) is 6.15. The Hall–Kier alpha value is -1.43. The standard InChI is InChI=1S/C13H15BrN2O3/c1-7-5-8(14)6-15-11(7)16-12(17)9-3-2-4-10(9)13(18)19/h5-6,9-10H,2-4H2,1H3,(H,18,19)(H,15,16,17). The second-order valence-corrected chi connectivity index (χ2v) is 5.71. The first kappa shape index (κ1) is 14.0. The van der Waals surface area contributed by atoms with E-state index >= 15 is 0 Å². The van der Waals surface area contributed by atoms with Crippen LogP contribution < -0.4 is 5.32 Å². The maximum absolute atomic E-state index is 12.1. The van der Waals surface area contributed by atoms with Crippen molar-refractivity contribution < 1.29 is 14.7 Å². The van der Waals surface area contributed by atoms with Gasteiger partial charge < -0.3 is 10.4 Å². The van der Waals surface area contributed by atoms with Gasteiger partial charge in [0.25, 0.3) is 0 Å². The molecule has 102 valence electrons. The van der Waals surface area contributed by atoms with Crippen LogP contribution in [0.2, 0.25) is 0 Å². The number of amides is 1. The lowest BCUT2D eigenvalue weighted by molar-refractivity contribution is -0.145. The molecule has 1 saturated carbocycles. The highest BCUT2D eigenvalue weighted by molar-refractivity contribution is 9.10. The molecule has 1 aliphatic rings. The monoisotopic (exact) mass is 326 g/mol. The minimum Gasteiger partial charge on any atom is -0.481 e. The summed E-state index contributed by atoms with van der Waals surface area (Å²) in [6.45, 7) is 1.84. The molecule has 0 aliphatic heterocycles. The summed E-state index contributed by atoms with van der Waals surface area (Å²) in [4.78, 5) is 27.4. The van der Waals surface area contributed by atoms with Crippen LogP contribution in [0.4, 0.5) is 5.82 Å². The van der Waals surface area contributed by atoms with Crippen molar-refractivity contribution >= 4 is 33.6 Å². The number of hydrogen-bond donors (Lipinski definition) is 2. The molecule has 1 aromatic heterocycles. The highest BCUT2D eigenvalue weighted by Gasteiger charge is 2.37. The van der Waals surface area contributed by atoms with Crippen molar-refractivity contribution in [2.45, 2.75) is 26.2 Å². The third-order valence-electron chi connectivity index (χ3n) is 3.46. The highest BCUT2D eigenvalue weighted by Crippen LogP contribution is 2.33. The molecule has 2 atom stereocenters. The summed E-state index contributed by atoms with van der Waals surface area (Å²) in [5.41, 5.74) is 0.840. The summed E-state index contributed by atoms with van der Waals surface area (Å²) < 4.78 is 0.840. The van der Waals surface area contributed by atoms with Gasteiger partial charge in [0.1, 0.15) is 5.82 Å². The topological polar surface area (TPSA) is 79.3 Å². The van der Waals surface area contributed by atoms with E-state index in [4.69, 9.17) is 5.11 Å². The summed E-state index contributed by atoms with van der Waals surface area (Å²) in [5.74, 6) is -1.68.